The average molecular weight is 263 g/mol. The van der Waals surface area contributed by atoms with E-state index in [4.69, 9.17) is 9.47 Å². The molecule has 1 aliphatic rings. The molecule has 1 atom stereocenters. The quantitative estimate of drug-likeness (QED) is 0.828. The van der Waals surface area contributed by atoms with Crippen molar-refractivity contribution < 1.29 is 19.1 Å². The smallest absolute Gasteiger partial charge is 0.230 e. The molecule has 1 aliphatic carbocycles. The number of hydrogen-bond acceptors (Lipinski definition) is 4. The first-order valence-electron chi connectivity index (χ1n) is 5.99. The fourth-order valence-electron chi connectivity index (χ4n) is 2.36. The highest BCUT2D eigenvalue weighted by atomic mass is 16.5. The van der Waals surface area contributed by atoms with E-state index in [0.29, 0.717) is 17.1 Å². The fraction of sp³-hybridized carbons (Fsp3) is 0.429. The Labute approximate surface area is 112 Å². The lowest BCUT2D eigenvalue weighted by Crippen LogP contribution is -2.27. The number of ether oxygens (including phenoxy) is 2. The van der Waals surface area contributed by atoms with E-state index in [0.717, 1.165) is 5.56 Å². The zero-order valence-electron chi connectivity index (χ0n) is 11.5. The van der Waals surface area contributed by atoms with E-state index >= 15 is 0 Å². The van der Waals surface area contributed by atoms with Crippen LogP contribution in [0.15, 0.2) is 12.1 Å². The number of carbonyl (C=O) groups is 2. The summed E-state index contributed by atoms with van der Waals surface area (Å²) in [5.74, 6) is 0.521. The normalized spacial score (nSPS) is 17.1. The number of carbonyl (C=O) groups excluding carboxylic acids is 2. The number of methoxy groups -OCH3 is 2. The van der Waals surface area contributed by atoms with E-state index in [9.17, 15) is 9.59 Å². The topological polar surface area (TPSA) is 55.8 Å². The molecule has 1 aromatic rings. The number of rotatable bonds is 3. The zero-order valence-corrected chi connectivity index (χ0v) is 11.5. The molecule has 1 amide bonds. The summed E-state index contributed by atoms with van der Waals surface area (Å²) < 4.78 is 10.4. The van der Waals surface area contributed by atoms with E-state index in [2.05, 4.69) is 0 Å². The molecule has 0 saturated heterocycles. The van der Waals surface area contributed by atoms with Crippen LogP contribution < -0.4 is 9.47 Å². The molecule has 2 rings (SSSR count). The minimum atomic E-state index is -0.419. The van der Waals surface area contributed by atoms with Crippen LogP contribution in [0.3, 0.4) is 0 Å². The molecule has 0 spiro atoms. The maximum Gasteiger partial charge on any atom is 0.230 e. The molecule has 0 saturated carbocycles. The highest BCUT2D eigenvalue weighted by Crippen LogP contribution is 2.40. The van der Waals surface area contributed by atoms with Gasteiger partial charge in [0.2, 0.25) is 5.91 Å². The van der Waals surface area contributed by atoms with Crippen LogP contribution in [0.2, 0.25) is 0 Å². The van der Waals surface area contributed by atoms with Crippen LogP contribution in [0.5, 0.6) is 11.5 Å². The van der Waals surface area contributed by atoms with Gasteiger partial charge in [-0.3, -0.25) is 9.59 Å². The maximum absolute atomic E-state index is 12.1. The van der Waals surface area contributed by atoms with Crippen LogP contribution in [0.1, 0.15) is 28.3 Å². The molecule has 1 unspecified atom stereocenters. The Kier molecular flexibility index (Phi) is 3.46. The summed E-state index contributed by atoms with van der Waals surface area (Å²) in [5.41, 5.74) is 1.28. The molecule has 0 aliphatic heterocycles. The van der Waals surface area contributed by atoms with Crippen molar-refractivity contribution in [3.05, 3.63) is 23.3 Å². The second kappa shape index (κ2) is 4.91. The summed E-state index contributed by atoms with van der Waals surface area (Å²) in [6, 6.07) is 3.38. The minimum absolute atomic E-state index is 0.0313. The minimum Gasteiger partial charge on any atom is -0.493 e. The molecule has 5 nitrogen and oxygen atoms in total. The molecule has 0 radical (unpaired) electrons. The van der Waals surface area contributed by atoms with Crippen molar-refractivity contribution in [1.82, 2.24) is 4.90 Å². The number of nitrogens with zero attached hydrogens (tertiary/aromatic N) is 1. The highest BCUT2D eigenvalue weighted by molar-refractivity contribution is 6.07. The standard InChI is InChI=1S/C14H17NO4/c1-15(2)14(17)10-5-11(16)9-7-13(19-4)12(18-3)6-8(9)10/h6-7,10H,5H2,1-4H3. The predicted octanol–water partition coefficient (Wildman–Crippen LogP) is 1.46. The Balaban J connectivity index is 2.52. The largest absolute Gasteiger partial charge is 0.493 e. The van der Waals surface area contributed by atoms with Gasteiger partial charge >= 0.3 is 0 Å². The third-order valence-electron chi connectivity index (χ3n) is 3.36. The Morgan fingerprint density at radius 1 is 1.21 bits per heavy atom. The van der Waals surface area contributed by atoms with Crippen LogP contribution in [0.4, 0.5) is 0 Å². The first-order valence-corrected chi connectivity index (χ1v) is 5.99. The fourth-order valence-corrected chi connectivity index (χ4v) is 2.36. The van der Waals surface area contributed by atoms with Gasteiger partial charge in [-0.05, 0) is 17.7 Å². The van der Waals surface area contributed by atoms with Crippen LogP contribution in [-0.2, 0) is 4.79 Å². The Hall–Kier alpha value is -2.04. The molecule has 0 N–H and O–H groups in total. The SMILES string of the molecule is COc1cc2c(cc1OC)C(C(=O)N(C)C)CC2=O. The first kappa shape index (κ1) is 13.4. The lowest BCUT2D eigenvalue weighted by molar-refractivity contribution is -0.130. The molecule has 0 aromatic heterocycles. The number of benzene rings is 1. The Bertz CT molecular complexity index is 536. The molecular weight excluding hydrogens is 246 g/mol. The Morgan fingerprint density at radius 2 is 1.79 bits per heavy atom. The number of hydrogen-bond donors (Lipinski definition) is 0. The molecule has 19 heavy (non-hydrogen) atoms. The molecular formula is C14H17NO4. The molecule has 102 valence electrons. The first-order chi connectivity index (χ1) is 8.99. The number of amides is 1. The second-order valence-electron chi connectivity index (χ2n) is 4.71. The molecule has 1 aromatic carbocycles. The summed E-state index contributed by atoms with van der Waals surface area (Å²) in [6.45, 7) is 0. The van der Waals surface area contributed by atoms with Gasteiger partial charge in [0.25, 0.3) is 0 Å². The number of Topliss-reactive ketones (excluding diaryl/α,β-unsaturated/α-hetero) is 1. The molecule has 0 heterocycles. The lowest BCUT2D eigenvalue weighted by Gasteiger charge is -2.17. The van der Waals surface area contributed by atoms with Gasteiger partial charge in [-0.25, -0.2) is 0 Å². The van der Waals surface area contributed by atoms with Crippen LogP contribution in [-0.4, -0.2) is 44.9 Å². The van der Waals surface area contributed by atoms with Gasteiger partial charge in [0.15, 0.2) is 17.3 Å². The third-order valence-corrected chi connectivity index (χ3v) is 3.36. The third kappa shape index (κ3) is 2.16. The van der Waals surface area contributed by atoms with Crippen molar-refractivity contribution in [2.24, 2.45) is 0 Å². The van der Waals surface area contributed by atoms with E-state index < -0.39 is 5.92 Å². The van der Waals surface area contributed by atoms with Crippen molar-refractivity contribution >= 4 is 11.7 Å². The van der Waals surface area contributed by atoms with Crippen molar-refractivity contribution in [3.63, 3.8) is 0 Å². The van der Waals surface area contributed by atoms with Gasteiger partial charge in [-0.1, -0.05) is 0 Å². The average Bonchev–Trinajstić information content (AvgIpc) is 2.72. The van der Waals surface area contributed by atoms with Gasteiger partial charge in [0.1, 0.15) is 0 Å². The second-order valence-corrected chi connectivity index (χ2v) is 4.71. The molecule has 0 fully saturated rings. The number of fused-ring (bicyclic) bond motifs is 1. The van der Waals surface area contributed by atoms with Crippen molar-refractivity contribution in [2.45, 2.75) is 12.3 Å². The van der Waals surface area contributed by atoms with Gasteiger partial charge < -0.3 is 14.4 Å². The lowest BCUT2D eigenvalue weighted by atomic mass is 9.99. The summed E-state index contributed by atoms with van der Waals surface area (Å²) >= 11 is 0. The molecule has 5 heteroatoms. The predicted molar refractivity (Wildman–Crippen MR) is 69.9 cm³/mol. The van der Waals surface area contributed by atoms with Crippen molar-refractivity contribution in [3.8, 4) is 11.5 Å². The number of ketones is 1. The van der Waals surface area contributed by atoms with Gasteiger partial charge in [-0.2, -0.15) is 0 Å². The highest BCUT2D eigenvalue weighted by Gasteiger charge is 2.36. The van der Waals surface area contributed by atoms with Gasteiger partial charge in [0, 0.05) is 26.1 Å². The summed E-state index contributed by atoms with van der Waals surface area (Å²) in [6.07, 6.45) is 0.211. The van der Waals surface area contributed by atoms with Gasteiger partial charge in [0.05, 0.1) is 20.1 Å². The number of likely N-dealkylation sites (N-methyl/N-ethyl adjacent to an activating group) is 1. The summed E-state index contributed by atoms with van der Waals surface area (Å²) in [7, 11) is 6.42. The van der Waals surface area contributed by atoms with E-state index in [1.165, 1.54) is 19.1 Å². The Morgan fingerprint density at radius 3 is 2.32 bits per heavy atom. The molecule has 0 bridgehead atoms. The van der Waals surface area contributed by atoms with E-state index in [-0.39, 0.29) is 18.1 Å². The van der Waals surface area contributed by atoms with Crippen molar-refractivity contribution in [2.75, 3.05) is 28.3 Å². The summed E-state index contributed by atoms with van der Waals surface area (Å²) in [5, 5.41) is 0. The van der Waals surface area contributed by atoms with Crippen LogP contribution in [0, 0.1) is 0 Å². The van der Waals surface area contributed by atoms with E-state index in [1.807, 2.05) is 0 Å². The van der Waals surface area contributed by atoms with E-state index in [1.54, 1.807) is 26.2 Å². The van der Waals surface area contributed by atoms with Gasteiger partial charge in [-0.15, -0.1) is 0 Å². The zero-order chi connectivity index (χ0) is 14.2. The van der Waals surface area contributed by atoms with Crippen molar-refractivity contribution in [1.29, 1.82) is 0 Å². The summed E-state index contributed by atoms with van der Waals surface area (Å²) in [4.78, 5) is 25.6. The van der Waals surface area contributed by atoms with Crippen LogP contribution in [0.25, 0.3) is 0 Å². The monoisotopic (exact) mass is 263 g/mol. The van der Waals surface area contributed by atoms with Crippen LogP contribution >= 0.6 is 0 Å². The maximum atomic E-state index is 12.1.